The monoisotopic (exact) mass is 623 g/mol. The van der Waals surface area contributed by atoms with Crippen LogP contribution in [0.4, 0.5) is 5.69 Å². The summed E-state index contributed by atoms with van der Waals surface area (Å²) < 4.78 is 38.8. The number of rotatable bonds is 17. The topological polar surface area (TPSA) is 125 Å². The number of anilines is 1. The predicted octanol–water partition coefficient (Wildman–Crippen LogP) is 8.03. The number of amides is 1. The quantitative estimate of drug-likeness (QED) is 0.137. The van der Waals surface area contributed by atoms with Gasteiger partial charge < -0.3 is 14.8 Å². The molecule has 0 heterocycles. The Kier molecular flexibility index (Phi) is 31.2. The lowest BCUT2D eigenvalue weighted by atomic mass is 9.92. The number of unbranched alkanes of at least 4 members (excludes halogenated alkanes) is 4. The molecule has 0 radical (unpaired) electrons. The summed E-state index contributed by atoms with van der Waals surface area (Å²) in [6.07, 6.45) is 6.20. The van der Waals surface area contributed by atoms with Gasteiger partial charge in [0.15, 0.2) is 0 Å². The molecule has 1 aromatic carbocycles. The van der Waals surface area contributed by atoms with Gasteiger partial charge in [-0.1, -0.05) is 61.5 Å². The predicted molar refractivity (Wildman–Crippen MR) is 178 cm³/mol. The van der Waals surface area contributed by atoms with Crippen LogP contribution in [-0.4, -0.2) is 59.4 Å². The summed E-state index contributed by atoms with van der Waals surface area (Å²) in [5.74, 6) is 0.0520. The summed E-state index contributed by atoms with van der Waals surface area (Å²) in [5.41, 5.74) is 0.991. The Balaban J connectivity index is -0.000000232. The maximum atomic E-state index is 12.2. The number of nitrogens with one attached hydrogen (secondary N) is 1. The third kappa shape index (κ3) is 20.7. The van der Waals surface area contributed by atoms with E-state index in [0.29, 0.717) is 19.3 Å². The number of hydrogen-bond acceptors (Lipinski definition) is 8. The third-order valence-electron chi connectivity index (χ3n) is 6.26. The number of ketones is 2. The smallest absolute Gasteiger partial charge is 0.298 e. The van der Waals surface area contributed by atoms with Gasteiger partial charge in [-0.05, 0) is 65.2 Å². The molecule has 0 aliphatic carbocycles. The van der Waals surface area contributed by atoms with E-state index in [1.54, 1.807) is 47.1 Å². The lowest BCUT2D eigenvalue weighted by Crippen LogP contribution is -2.25. The van der Waals surface area contributed by atoms with Crippen molar-refractivity contribution in [2.24, 2.45) is 5.92 Å². The lowest BCUT2D eigenvalue weighted by molar-refractivity contribution is -0.125. The van der Waals surface area contributed by atoms with Gasteiger partial charge in [-0.15, -0.1) is 0 Å². The normalized spacial score (nSPS) is 12.3. The summed E-state index contributed by atoms with van der Waals surface area (Å²) in [5, 5.41) is 2.68. The standard InChI is InChI=1S/C22H35NO6S.C6H12O2.4CH4.H2/c1-16-13-14-20(21(15-16)30(26,27)29-5)23-22(25)12-10-8-6-7-9-11-19(17(2)24)18(3)28-4;1-5(7)4-6(2)8-3;;;;;/h13-15,18-19H,6-12H2,1-5H3,(H,23,25);6H,4H2,1-3H3;4*1H4;1H. The van der Waals surface area contributed by atoms with Crippen LogP contribution in [0.15, 0.2) is 23.1 Å². The van der Waals surface area contributed by atoms with Crippen molar-refractivity contribution in [3.63, 3.8) is 0 Å². The Morgan fingerprint density at radius 1 is 0.881 bits per heavy atom. The first-order chi connectivity index (χ1) is 17.8. The fraction of sp³-hybridized carbons (Fsp3) is 0.719. The van der Waals surface area contributed by atoms with E-state index in [9.17, 15) is 22.8 Å². The Hall–Kier alpha value is -2.14. The molecule has 42 heavy (non-hydrogen) atoms. The van der Waals surface area contributed by atoms with Gasteiger partial charge in [0.1, 0.15) is 16.5 Å². The zero-order chi connectivity index (χ0) is 29.3. The molecule has 0 saturated heterocycles. The molecule has 0 aliphatic rings. The molecule has 1 amide bonds. The highest BCUT2D eigenvalue weighted by Crippen LogP contribution is 2.24. The van der Waals surface area contributed by atoms with E-state index in [1.165, 1.54) is 6.07 Å². The lowest BCUT2D eigenvalue weighted by Gasteiger charge is -2.20. The van der Waals surface area contributed by atoms with Gasteiger partial charge in [0.25, 0.3) is 10.1 Å². The Morgan fingerprint density at radius 3 is 1.88 bits per heavy atom. The molecular weight excluding hydrogens is 558 g/mol. The maximum Gasteiger partial charge on any atom is 0.298 e. The van der Waals surface area contributed by atoms with Crippen molar-refractivity contribution in [1.29, 1.82) is 0 Å². The molecule has 9 nitrogen and oxygen atoms in total. The van der Waals surface area contributed by atoms with Gasteiger partial charge in [0.2, 0.25) is 5.91 Å². The minimum absolute atomic E-state index is 0. The number of ether oxygens (including phenoxy) is 2. The van der Waals surface area contributed by atoms with Crippen LogP contribution in [-0.2, 0) is 38.2 Å². The molecule has 0 bridgehead atoms. The number of benzene rings is 1. The summed E-state index contributed by atoms with van der Waals surface area (Å²) in [6.45, 7) is 8.74. The second-order valence-corrected chi connectivity index (χ2v) is 11.3. The van der Waals surface area contributed by atoms with E-state index in [0.717, 1.165) is 44.8 Å². The van der Waals surface area contributed by atoms with Crippen LogP contribution in [0.2, 0.25) is 0 Å². The zero-order valence-corrected chi connectivity index (χ0v) is 25.1. The van der Waals surface area contributed by atoms with Gasteiger partial charge in [0, 0.05) is 34.4 Å². The van der Waals surface area contributed by atoms with Crippen LogP contribution in [0.1, 0.15) is 116 Å². The minimum atomic E-state index is -3.90. The van der Waals surface area contributed by atoms with Crippen molar-refractivity contribution in [3.05, 3.63) is 23.8 Å². The molecule has 0 fully saturated rings. The maximum absolute atomic E-state index is 12.2. The van der Waals surface area contributed by atoms with Gasteiger partial charge in [-0.2, -0.15) is 8.42 Å². The Labute approximate surface area is 260 Å². The first kappa shape index (κ1) is 49.5. The largest absolute Gasteiger partial charge is 0.381 e. The van der Waals surface area contributed by atoms with Crippen LogP contribution < -0.4 is 5.32 Å². The fourth-order valence-corrected chi connectivity index (χ4v) is 4.74. The van der Waals surface area contributed by atoms with Crippen molar-refractivity contribution in [2.45, 2.75) is 133 Å². The molecule has 3 unspecified atom stereocenters. The van der Waals surface area contributed by atoms with E-state index in [2.05, 4.69) is 9.50 Å². The Bertz CT molecular complexity index is 986. The van der Waals surface area contributed by atoms with E-state index in [4.69, 9.17) is 9.47 Å². The van der Waals surface area contributed by atoms with E-state index in [-0.39, 0.29) is 77.3 Å². The van der Waals surface area contributed by atoms with E-state index < -0.39 is 10.1 Å². The molecule has 252 valence electrons. The highest BCUT2D eigenvalue weighted by atomic mass is 32.2. The molecule has 0 spiro atoms. The van der Waals surface area contributed by atoms with E-state index in [1.807, 2.05) is 13.8 Å². The molecular formula is C32H65NO8S. The number of Topliss-reactive ketones (excluding diaryl/α,β-unsaturated/α-hetero) is 2. The van der Waals surface area contributed by atoms with E-state index >= 15 is 0 Å². The summed E-state index contributed by atoms with van der Waals surface area (Å²) in [7, 11) is 0.419. The number of hydrogen-bond donors (Lipinski definition) is 1. The van der Waals surface area contributed by atoms with Crippen molar-refractivity contribution in [2.75, 3.05) is 26.6 Å². The van der Waals surface area contributed by atoms with Gasteiger partial charge in [-0.25, -0.2) is 0 Å². The number of carbonyl (C=O) groups is 3. The summed E-state index contributed by atoms with van der Waals surface area (Å²) in [4.78, 5) is 34.2. The molecule has 1 rings (SSSR count). The number of carbonyl (C=O) groups excluding carboxylic acids is 3. The van der Waals surface area contributed by atoms with Gasteiger partial charge in [0.05, 0.1) is 25.0 Å². The molecule has 3 atom stereocenters. The van der Waals surface area contributed by atoms with Crippen molar-refractivity contribution >= 4 is 33.3 Å². The van der Waals surface area contributed by atoms with Gasteiger partial charge >= 0.3 is 0 Å². The molecule has 1 aromatic rings. The second kappa shape index (κ2) is 26.5. The molecule has 0 aliphatic heterocycles. The van der Waals surface area contributed by atoms with Crippen molar-refractivity contribution in [1.82, 2.24) is 0 Å². The summed E-state index contributed by atoms with van der Waals surface area (Å²) in [6, 6.07) is 4.79. The number of methoxy groups -OCH3 is 2. The number of aryl methyl sites for hydroxylation is 1. The average Bonchev–Trinajstić information content (AvgIpc) is 2.85. The SMILES string of the molecule is C.C.C.C.COC(C)C(CCCCCCCC(=O)Nc1ccc(C)cc1S(=O)(=O)OC)C(C)=O.COC(C)CC(C)=O.[HH]. The molecule has 0 aromatic heterocycles. The van der Waals surface area contributed by atoms with Gasteiger partial charge in [-0.3, -0.25) is 18.6 Å². The first-order valence-corrected chi connectivity index (χ1v) is 14.5. The highest BCUT2D eigenvalue weighted by molar-refractivity contribution is 7.87. The molecule has 10 heteroatoms. The van der Waals surface area contributed by atoms with Crippen molar-refractivity contribution in [3.8, 4) is 0 Å². The third-order valence-corrected chi connectivity index (χ3v) is 7.57. The Morgan fingerprint density at radius 2 is 1.43 bits per heavy atom. The zero-order valence-electron chi connectivity index (χ0n) is 24.3. The van der Waals surface area contributed by atoms with Crippen LogP contribution >= 0.6 is 0 Å². The van der Waals surface area contributed by atoms with Crippen LogP contribution in [0.25, 0.3) is 0 Å². The van der Waals surface area contributed by atoms with Crippen LogP contribution in [0.3, 0.4) is 0 Å². The highest BCUT2D eigenvalue weighted by Gasteiger charge is 2.21. The molecule has 0 saturated carbocycles. The van der Waals surface area contributed by atoms with Crippen LogP contribution in [0.5, 0.6) is 0 Å². The minimum Gasteiger partial charge on any atom is -0.381 e. The average molecular weight is 624 g/mol. The first-order valence-electron chi connectivity index (χ1n) is 13.1. The second-order valence-electron chi connectivity index (χ2n) is 9.59. The van der Waals surface area contributed by atoms with Crippen LogP contribution in [0, 0.1) is 12.8 Å². The summed E-state index contributed by atoms with van der Waals surface area (Å²) >= 11 is 0. The molecule has 1 N–H and O–H groups in total. The van der Waals surface area contributed by atoms with Crippen molar-refractivity contribution < 1.29 is 37.9 Å². The fourth-order valence-electron chi connectivity index (χ4n) is 3.84.